The van der Waals surface area contributed by atoms with Crippen molar-refractivity contribution in [3.8, 4) is 6.07 Å². The van der Waals surface area contributed by atoms with E-state index in [2.05, 4.69) is 11.4 Å². The molecule has 1 aliphatic heterocycles. The number of nitrogens with one attached hydrogen (secondary N) is 1. The number of amides is 4. The Kier molecular flexibility index (Phi) is 4.86. The number of aromatic nitrogens is 1. The molecule has 1 saturated heterocycles. The maximum atomic E-state index is 13.1. The van der Waals surface area contributed by atoms with E-state index in [0.29, 0.717) is 10.6 Å². The number of nitriles is 1. The van der Waals surface area contributed by atoms with Gasteiger partial charge in [-0.05, 0) is 36.8 Å². The number of anilines is 1. The standard InChI is InChI=1S/C22H15ClN4O3/c1-13-6-7-15(11-18(13)23)27-21(29)17(20(28)25-22(27)30)10-14-12-26(9-8-24)19-5-3-2-4-16(14)19/h2-7,10-12H,9H2,1H3,(H,25,28,30)/b17-10-. The summed E-state index contributed by atoms with van der Waals surface area (Å²) in [6.45, 7) is 1.92. The molecule has 8 heteroatoms. The summed E-state index contributed by atoms with van der Waals surface area (Å²) in [4.78, 5) is 38.8. The molecule has 0 radical (unpaired) electrons. The zero-order chi connectivity index (χ0) is 21.4. The van der Waals surface area contributed by atoms with Gasteiger partial charge in [-0.15, -0.1) is 0 Å². The van der Waals surface area contributed by atoms with Crippen LogP contribution < -0.4 is 10.2 Å². The van der Waals surface area contributed by atoms with Gasteiger partial charge in [-0.25, -0.2) is 9.69 Å². The SMILES string of the molecule is Cc1ccc(N2C(=O)NC(=O)/C(=C/c3cn(CC#N)c4ccccc34)C2=O)cc1Cl. The van der Waals surface area contributed by atoms with Crippen molar-refractivity contribution in [3.05, 3.63) is 70.4 Å². The van der Waals surface area contributed by atoms with E-state index < -0.39 is 17.8 Å². The van der Waals surface area contributed by atoms with Gasteiger partial charge in [-0.3, -0.25) is 14.9 Å². The number of rotatable bonds is 3. The molecular weight excluding hydrogens is 404 g/mol. The lowest BCUT2D eigenvalue weighted by atomic mass is 10.1. The van der Waals surface area contributed by atoms with Crippen LogP contribution in [-0.2, 0) is 16.1 Å². The summed E-state index contributed by atoms with van der Waals surface area (Å²) in [5.41, 5.74) is 2.26. The summed E-state index contributed by atoms with van der Waals surface area (Å²) in [5.74, 6) is -1.53. The Morgan fingerprint density at radius 3 is 2.67 bits per heavy atom. The maximum Gasteiger partial charge on any atom is 0.335 e. The summed E-state index contributed by atoms with van der Waals surface area (Å²) in [7, 11) is 0. The Balaban J connectivity index is 1.81. The number of nitrogens with zero attached hydrogens (tertiary/aromatic N) is 3. The minimum Gasteiger partial charge on any atom is -0.333 e. The van der Waals surface area contributed by atoms with Crippen molar-refractivity contribution < 1.29 is 14.4 Å². The number of hydrogen-bond donors (Lipinski definition) is 1. The first-order chi connectivity index (χ1) is 14.4. The molecule has 3 aromatic rings. The van der Waals surface area contributed by atoms with Gasteiger partial charge in [0.15, 0.2) is 0 Å². The number of fused-ring (bicyclic) bond motifs is 1. The number of hydrogen-bond acceptors (Lipinski definition) is 4. The van der Waals surface area contributed by atoms with E-state index in [0.717, 1.165) is 21.4 Å². The Morgan fingerprint density at radius 1 is 1.17 bits per heavy atom. The molecule has 2 aromatic carbocycles. The van der Waals surface area contributed by atoms with Crippen LogP contribution in [0, 0.1) is 18.3 Å². The van der Waals surface area contributed by atoms with Crippen LogP contribution in [0.1, 0.15) is 11.1 Å². The molecule has 1 aromatic heterocycles. The largest absolute Gasteiger partial charge is 0.335 e. The van der Waals surface area contributed by atoms with Gasteiger partial charge >= 0.3 is 6.03 Å². The van der Waals surface area contributed by atoms with E-state index >= 15 is 0 Å². The topological polar surface area (TPSA) is 95.2 Å². The van der Waals surface area contributed by atoms with Gasteiger partial charge in [0.1, 0.15) is 12.1 Å². The van der Waals surface area contributed by atoms with E-state index in [1.807, 2.05) is 24.3 Å². The van der Waals surface area contributed by atoms with Gasteiger partial charge in [-0.1, -0.05) is 35.9 Å². The summed E-state index contributed by atoms with van der Waals surface area (Å²) in [6.07, 6.45) is 3.13. The lowest BCUT2D eigenvalue weighted by Crippen LogP contribution is -2.54. The number of halogens is 1. The predicted molar refractivity (Wildman–Crippen MR) is 113 cm³/mol. The third-order valence-electron chi connectivity index (χ3n) is 4.88. The second kappa shape index (κ2) is 7.50. The number of urea groups is 1. The van der Waals surface area contributed by atoms with Gasteiger partial charge in [0.25, 0.3) is 11.8 Å². The average molecular weight is 419 g/mol. The fourth-order valence-corrected chi connectivity index (χ4v) is 3.54. The second-order valence-electron chi connectivity index (χ2n) is 6.78. The molecule has 0 unspecified atom stereocenters. The Morgan fingerprint density at radius 2 is 1.93 bits per heavy atom. The predicted octanol–water partition coefficient (Wildman–Crippen LogP) is 3.79. The molecule has 148 valence electrons. The van der Waals surface area contributed by atoms with E-state index in [9.17, 15) is 14.4 Å². The van der Waals surface area contributed by atoms with Crippen LogP contribution in [-0.4, -0.2) is 22.4 Å². The van der Waals surface area contributed by atoms with Crippen LogP contribution >= 0.6 is 11.6 Å². The van der Waals surface area contributed by atoms with Crippen LogP contribution in [0.3, 0.4) is 0 Å². The average Bonchev–Trinajstić information content (AvgIpc) is 3.06. The Bertz CT molecular complexity index is 1300. The number of carbonyl (C=O) groups excluding carboxylic acids is 3. The van der Waals surface area contributed by atoms with Gasteiger partial charge in [0, 0.05) is 27.7 Å². The van der Waals surface area contributed by atoms with Crippen molar-refractivity contribution >= 4 is 52.1 Å². The maximum absolute atomic E-state index is 13.1. The number of imide groups is 2. The Hall–Kier alpha value is -3.89. The molecule has 0 atom stereocenters. The number of para-hydroxylation sites is 1. The first-order valence-electron chi connectivity index (χ1n) is 9.03. The van der Waals surface area contributed by atoms with Crippen LogP contribution in [0.4, 0.5) is 10.5 Å². The fourth-order valence-electron chi connectivity index (χ4n) is 3.37. The monoisotopic (exact) mass is 418 g/mol. The second-order valence-corrected chi connectivity index (χ2v) is 7.19. The summed E-state index contributed by atoms with van der Waals surface area (Å²) >= 11 is 6.14. The van der Waals surface area contributed by atoms with E-state index in [1.54, 1.807) is 29.8 Å². The third-order valence-corrected chi connectivity index (χ3v) is 5.28. The van der Waals surface area contributed by atoms with Gasteiger partial charge in [0.2, 0.25) is 0 Å². The van der Waals surface area contributed by atoms with Crippen molar-refractivity contribution in [1.82, 2.24) is 9.88 Å². The zero-order valence-electron chi connectivity index (χ0n) is 15.8. The van der Waals surface area contributed by atoms with Crippen LogP contribution in [0.25, 0.3) is 17.0 Å². The van der Waals surface area contributed by atoms with Gasteiger partial charge < -0.3 is 4.57 Å². The van der Waals surface area contributed by atoms with Crippen LogP contribution in [0.15, 0.2) is 54.2 Å². The molecule has 2 heterocycles. The summed E-state index contributed by atoms with van der Waals surface area (Å²) < 4.78 is 1.73. The lowest BCUT2D eigenvalue weighted by Gasteiger charge is -2.26. The van der Waals surface area contributed by atoms with Crippen molar-refractivity contribution in [2.75, 3.05) is 4.90 Å². The smallest absolute Gasteiger partial charge is 0.333 e. The van der Waals surface area contributed by atoms with Crippen LogP contribution in [0.5, 0.6) is 0 Å². The lowest BCUT2D eigenvalue weighted by molar-refractivity contribution is -0.122. The summed E-state index contributed by atoms with van der Waals surface area (Å²) in [6, 6.07) is 13.4. The summed E-state index contributed by atoms with van der Waals surface area (Å²) in [5, 5.41) is 12.4. The highest BCUT2D eigenvalue weighted by molar-refractivity contribution is 6.39. The molecule has 0 spiro atoms. The van der Waals surface area contributed by atoms with Gasteiger partial charge in [-0.2, -0.15) is 5.26 Å². The molecule has 1 aliphatic rings. The quantitative estimate of drug-likeness (QED) is 0.517. The zero-order valence-corrected chi connectivity index (χ0v) is 16.6. The van der Waals surface area contributed by atoms with Crippen molar-refractivity contribution in [1.29, 1.82) is 5.26 Å². The fraction of sp³-hybridized carbons (Fsp3) is 0.0909. The first-order valence-corrected chi connectivity index (χ1v) is 9.41. The van der Waals surface area contributed by atoms with E-state index in [-0.39, 0.29) is 17.8 Å². The minimum absolute atomic E-state index is 0.121. The van der Waals surface area contributed by atoms with Crippen molar-refractivity contribution in [3.63, 3.8) is 0 Å². The third kappa shape index (κ3) is 3.23. The number of aryl methyl sites for hydroxylation is 1. The molecule has 4 amide bonds. The van der Waals surface area contributed by atoms with Crippen molar-refractivity contribution in [2.45, 2.75) is 13.5 Å². The molecule has 1 N–H and O–H groups in total. The molecule has 30 heavy (non-hydrogen) atoms. The number of carbonyl (C=O) groups is 3. The number of barbiturate groups is 1. The normalized spacial score (nSPS) is 15.6. The molecule has 0 bridgehead atoms. The van der Waals surface area contributed by atoms with E-state index in [1.165, 1.54) is 12.1 Å². The van der Waals surface area contributed by atoms with Gasteiger partial charge in [0.05, 0.1) is 11.8 Å². The Labute approximate surface area is 176 Å². The minimum atomic E-state index is -0.839. The molecule has 7 nitrogen and oxygen atoms in total. The number of benzene rings is 2. The molecule has 0 aliphatic carbocycles. The molecule has 4 rings (SSSR count). The highest BCUT2D eigenvalue weighted by Crippen LogP contribution is 2.28. The molecule has 1 fully saturated rings. The highest BCUT2D eigenvalue weighted by atomic mass is 35.5. The van der Waals surface area contributed by atoms with Crippen LogP contribution in [0.2, 0.25) is 5.02 Å². The molecule has 0 saturated carbocycles. The van der Waals surface area contributed by atoms with Crippen molar-refractivity contribution in [2.24, 2.45) is 0 Å². The first kappa shape index (κ1) is 19.4. The molecular formula is C22H15ClN4O3. The highest BCUT2D eigenvalue weighted by Gasteiger charge is 2.37. The van der Waals surface area contributed by atoms with E-state index in [4.69, 9.17) is 16.9 Å².